The molecule has 0 bridgehead atoms. The lowest BCUT2D eigenvalue weighted by molar-refractivity contribution is 0.137. The summed E-state index contributed by atoms with van der Waals surface area (Å²) in [7, 11) is 1.64. The van der Waals surface area contributed by atoms with Crippen molar-refractivity contribution >= 4 is 6.16 Å². The van der Waals surface area contributed by atoms with Gasteiger partial charge in [0.1, 0.15) is 17.9 Å². The molecule has 8 nitrogen and oxygen atoms in total. The molecule has 2 heterocycles. The Labute approximate surface area is 139 Å². The van der Waals surface area contributed by atoms with Gasteiger partial charge in [-0.2, -0.15) is 0 Å². The van der Waals surface area contributed by atoms with Crippen molar-refractivity contribution < 1.29 is 19.7 Å². The maximum Gasteiger partial charge on any atom is 0.503 e. The Balaban J connectivity index is 0.000000471. The zero-order valence-electron chi connectivity index (χ0n) is 13.5. The van der Waals surface area contributed by atoms with E-state index in [9.17, 15) is 0 Å². The van der Waals surface area contributed by atoms with E-state index in [4.69, 9.17) is 25.5 Å². The molecule has 3 rings (SSSR count). The monoisotopic (exact) mass is 334 g/mol. The number of hydrogen-bond donors (Lipinski definition) is 3. The molecule has 24 heavy (non-hydrogen) atoms. The number of methoxy groups -OCH3 is 1. The van der Waals surface area contributed by atoms with Gasteiger partial charge in [0, 0.05) is 12.1 Å². The van der Waals surface area contributed by atoms with Gasteiger partial charge in [-0.05, 0) is 43.9 Å². The minimum atomic E-state index is -1.83. The summed E-state index contributed by atoms with van der Waals surface area (Å²) in [6.45, 7) is 0.785. The fraction of sp³-hybridized carbons (Fsp3) is 0.438. The van der Waals surface area contributed by atoms with Crippen LogP contribution in [0, 0.1) is 5.92 Å². The summed E-state index contributed by atoms with van der Waals surface area (Å²) in [5.74, 6) is 3.01. The molecule has 4 N–H and O–H groups in total. The van der Waals surface area contributed by atoms with Crippen LogP contribution in [0.2, 0.25) is 0 Å². The van der Waals surface area contributed by atoms with Gasteiger partial charge >= 0.3 is 6.16 Å². The molecule has 0 saturated heterocycles. The normalized spacial score (nSPS) is 18.4. The Morgan fingerprint density at radius 2 is 2.17 bits per heavy atom. The summed E-state index contributed by atoms with van der Waals surface area (Å²) in [5.41, 5.74) is 6.73. The second-order valence-corrected chi connectivity index (χ2v) is 5.58. The number of pyridine rings is 1. The maximum absolute atomic E-state index is 8.56. The Hall–Kier alpha value is -2.61. The first-order valence-electron chi connectivity index (χ1n) is 7.71. The topological polar surface area (TPSA) is 123 Å². The van der Waals surface area contributed by atoms with Crippen LogP contribution in [0.25, 0.3) is 5.82 Å². The van der Waals surface area contributed by atoms with Crippen LogP contribution in [0.1, 0.15) is 30.9 Å². The van der Waals surface area contributed by atoms with Crippen molar-refractivity contribution in [2.75, 3.05) is 13.7 Å². The van der Waals surface area contributed by atoms with E-state index in [0.29, 0.717) is 5.92 Å². The van der Waals surface area contributed by atoms with Gasteiger partial charge in [-0.15, -0.1) is 0 Å². The molecule has 8 heteroatoms. The summed E-state index contributed by atoms with van der Waals surface area (Å²) in [6.07, 6.45) is 7.38. The predicted molar refractivity (Wildman–Crippen MR) is 87.7 cm³/mol. The van der Waals surface area contributed by atoms with Gasteiger partial charge in [0.15, 0.2) is 0 Å². The predicted octanol–water partition coefficient (Wildman–Crippen LogP) is 2.34. The quantitative estimate of drug-likeness (QED) is 0.740. The molecule has 2 aromatic heterocycles. The molecular formula is C16H22N4O4. The Morgan fingerprint density at radius 1 is 1.42 bits per heavy atom. The van der Waals surface area contributed by atoms with Crippen LogP contribution in [-0.4, -0.2) is 44.6 Å². The molecule has 2 aromatic rings. The van der Waals surface area contributed by atoms with Gasteiger partial charge in [-0.3, -0.25) is 4.57 Å². The molecule has 1 aliphatic rings. The number of carboxylic acid groups (broad SMARTS) is 2. The van der Waals surface area contributed by atoms with Crippen molar-refractivity contribution in [1.29, 1.82) is 0 Å². The molecule has 0 aliphatic heterocycles. The van der Waals surface area contributed by atoms with Crippen molar-refractivity contribution in [3.8, 4) is 11.6 Å². The molecule has 2 atom stereocenters. The lowest BCUT2D eigenvalue weighted by Gasteiger charge is -2.02. The van der Waals surface area contributed by atoms with E-state index < -0.39 is 6.16 Å². The highest BCUT2D eigenvalue weighted by molar-refractivity contribution is 5.53. The second-order valence-electron chi connectivity index (χ2n) is 5.58. The minimum absolute atomic E-state index is 0.612. The molecule has 1 aliphatic carbocycles. The number of imidazole rings is 1. The summed E-state index contributed by atoms with van der Waals surface area (Å²) in [6, 6.07) is 3.84. The van der Waals surface area contributed by atoms with Crippen LogP contribution in [0.5, 0.6) is 5.75 Å². The first-order chi connectivity index (χ1) is 11.5. The molecule has 0 aromatic carbocycles. The van der Waals surface area contributed by atoms with Gasteiger partial charge in [0.25, 0.3) is 0 Å². The van der Waals surface area contributed by atoms with E-state index in [-0.39, 0.29) is 0 Å². The molecule has 0 radical (unpaired) electrons. The van der Waals surface area contributed by atoms with Crippen LogP contribution in [0.4, 0.5) is 4.79 Å². The Morgan fingerprint density at radius 3 is 2.75 bits per heavy atom. The Bertz CT molecular complexity index is 652. The third kappa shape index (κ3) is 4.95. The van der Waals surface area contributed by atoms with Gasteiger partial charge in [-0.1, -0.05) is 0 Å². The number of rotatable bonds is 6. The van der Waals surface area contributed by atoms with Crippen LogP contribution in [0.3, 0.4) is 0 Å². The van der Waals surface area contributed by atoms with E-state index in [1.54, 1.807) is 13.3 Å². The highest BCUT2D eigenvalue weighted by atomic mass is 16.6. The molecular weight excluding hydrogens is 312 g/mol. The third-order valence-corrected chi connectivity index (χ3v) is 3.91. The van der Waals surface area contributed by atoms with Crippen molar-refractivity contribution in [3.63, 3.8) is 0 Å². The standard InChI is InChI=1S/C15H20N4O.CH2O3/c1-20-12-4-5-15(17-8-12)19-9-14(18-10-19)13-7-11(13)3-2-6-16;2-1(3)4/h4-5,8-11,13H,2-3,6-7,16H2,1H3;(H2,2,3,4). The highest BCUT2D eigenvalue weighted by Crippen LogP contribution is 2.49. The minimum Gasteiger partial charge on any atom is -0.495 e. The summed E-state index contributed by atoms with van der Waals surface area (Å²) < 4.78 is 7.08. The zero-order valence-corrected chi connectivity index (χ0v) is 13.5. The number of carbonyl (C=O) groups is 1. The van der Waals surface area contributed by atoms with Crippen LogP contribution in [0.15, 0.2) is 30.9 Å². The smallest absolute Gasteiger partial charge is 0.495 e. The molecule has 1 saturated carbocycles. The fourth-order valence-electron chi connectivity index (χ4n) is 2.61. The van der Waals surface area contributed by atoms with E-state index in [1.165, 1.54) is 18.5 Å². The number of ether oxygens (including phenoxy) is 1. The fourth-order valence-corrected chi connectivity index (χ4v) is 2.61. The van der Waals surface area contributed by atoms with Crippen molar-refractivity contribution in [3.05, 3.63) is 36.5 Å². The Kier molecular flexibility index (Phi) is 6.14. The lowest BCUT2D eigenvalue weighted by atomic mass is 10.1. The summed E-state index contributed by atoms with van der Waals surface area (Å²) in [4.78, 5) is 17.4. The van der Waals surface area contributed by atoms with E-state index in [0.717, 1.165) is 30.5 Å². The maximum atomic E-state index is 8.56. The lowest BCUT2D eigenvalue weighted by Crippen LogP contribution is -1.98. The van der Waals surface area contributed by atoms with E-state index in [1.807, 2.05) is 23.0 Å². The number of nitrogens with two attached hydrogens (primary N) is 1. The first-order valence-corrected chi connectivity index (χ1v) is 7.71. The largest absolute Gasteiger partial charge is 0.503 e. The van der Waals surface area contributed by atoms with Gasteiger partial charge < -0.3 is 20.7 Å². The molecule has 1 fully saturated rings. The van der Waals surface area contributed by atoms with Crippen molar-refractivity contribution in [2.24, 2.45) is 11.7 Å². The summed E-state index contributed by atoms with van der Waals surface area (Å²) >= 11 is 0. The summed E-state index contributed by atoms with van der Waals surface area (Å²) in [5, 5.41) is 13.9. The van der Waals surface area contributed by atoms with Gasteiger partial charge in [-0.25, -0.2) is 14.8 Å². The van der Waals surface area contributed by atoms with Gasteiger partial charge in [0.2, 0.25) is 0 Å². The second kappa shape index (κ2) is 8.30. The molecule has 0 spiro atoms. The van der Waals surface area contributed by atoms with Crippen LogP contribution < -0.4 is 10.5 Å². The molecule has 130 valence electrons. The van der Waals surface area contributed by atoms with Gasteiger partial charge in [0.05, 0.1) is 19.0 Å². The SMILES string of the molecule is COc1ccc(-n2cnc(C3CC3CCCN)c2)nc1.O=C(O)O. The number of nitrogens with zero attached hydrogens (tertiary/aromatic N) is 3. The molecule has 0 amide bonds. The first kappa shape index (κ1) is 17.7. The highest BCUT2D eigenvalue weighted by Gasteiger charge is 2.39. The van der Waals surface area contributed by atoms with Crippen LogP contribution in [-0.2, 0) is 0 Å². The number of hydrogen-bond acceptors (Lipinski definition) is 5. The van der Waals surface area contributed by atoms with Crippen molar-refractivity contribution in [2.45, 2.75) is 25.2 Å². The van der Waals surface area contributed by atoms with Crippen LogP contribution >= 0.6 is 0 Å². The average Bonchev–Trinajstić information content (AvgIpc) is 3.17. The van der Waals surface area contributed by atoms with E-state index in [2.05, 4.69) is 16.2 Å². The van der Waals surface area contributed by atoms with Crippen molar-refractivity contribution in [1.82, 2.24) is 14.5 Å². The average molecular weight is 334 g/mol. The zero-order chi connectivity index (χ0) is 17.5. The third-order valence-electron chi connectivity index (χ3n) is 3.91. The number of aromatic nitrogens is 3. The molecule has 2 unspecified atom stereocenters. The van der Waals surface area contributed by atoms with E-state index >= 15 is 0 Å².